The molecule has 1 amide bonds. The Hall–Kier alpha value is -1.29. The molecule has 0 fully saturated rings. The number of hydrogen-bond donors (Lipinski definition) is 1. The number of aliphatic hydroxyl groups is 1. The van der Waals surface area contributed by atoms with E-state index in [-0.39, 0.29) is 18.1 Å². The summed E-state index contributed by atoms with van der Waals surface area (Å²) in [5, 5.41) is 9.16. The number of hydrogen-bond acceptors (Lipinski definition) is 2. The third-order valence-corrected chi connectivity index (χ3v) is 2.69. The molecule has 0 radical (unpaired) electrons. The third-order valence-electron chi connectivity index (χ3n) is 2.69. The number of likely N-dealkylation sites (N-methyl/N-ethyl adjacent to an activating group) is 1. The zero-order valence-corrected chi connectivity index (χ0v) is 10.1. The summed E-state index contributed by atoms with van der Waals surface area (Å²) in [6.45, 7) is 4.19. The molecule has 2 unspecified atom stereocenters. The van der Waals surface area contributed by atoms with E-state index in [0.717, 1.165) is 0 Å². The number of carbonyl (C=O) groups excluding carboxylic acids is 1. The van der Waals surface area contributed by atoms with Crippen LogP contribution in [-0.4, -0.2) is 40.2 Å². The summed E-state index contributed by atoms with van der Waals surface area (Å²) in [6.07, 6.45) is 4.01. The van der Waals surface area contributed by atoms with Gasteiger partial charge in [-0.15, -0.1) is 0 Å². The standard InChI is InChI=1S/C12H20N2O2/c1-10(15)6-9-13(3)12(16)11(2)14-7-4-5-8-14/h4-5,7-8,10-11,15H,6,9H2,1-3H3. The molecule has 1 N–H and O–H groups in total. The molecular formula is C12H20N2O2. The lowest BCUT2D eigenvalue weighted by Crippen LogP contribution is -2.34. The summed E-state index contributed by atoms with van der Waals surface area (Å²) in [4.78, 5) is 13.6. The lowest BCUT2D eigenvalue weighted by molar-refractivity contribution is -0.133. The van der Waals surface area contributed by atoms with Crippen molar-refractivity contribution in [1.82, 2.24) is 9.47 Å². The van der Waals surface area contributed by atoms with E-state index < -0.39 is 0 Å². The highest BCUT2D eigenvalue weighted by Gasteiger charge is 2.18. The predicted molar refractivity (Wildman–Crippen MR) is 63.1 cm³/mol. The molecule has 0 aromatic carbocycles. The van der Waals surface area contributed by atoms with Crippen molar-refractivity contribution in [2.24, 2.45) is 0 Å². The quantitative estimate of drug-likeness (QED) is 0.819. The van der Waals surface area contributed by atoms with E-state index in [1.807, 2.05) is 36.0 Å². The molecule has 1 rings (SSSR count). The Bertz CT molecular complexity index is 320. The molecule has 90 valence electrons. The third kappa shape index (κ3) is 3.38. The second-order valence-corrected chi connectivity index (χ2v) is 4.20. The van der Waals surface area contributed by atoms with Crippen LogP contribution in [0.4, 0.5) is 0 Å². The van der Waals surface area contributed by atoms with Gasteiger partial charge in [0.25, 0.3) is 0 Å². The van der Waals surface area contributed by atoms with Crippen LogP contribution < -0.4 is 0 Å². The van der Waals surface area contributed by atoms with Gasteiger partial charge in [-0.1, -0.05) is 0 Å². The zero-order valence-electron chi connectivity index (χ0n) is 10.1. The van der Waals surface area contributed by atoms with Crippen LogP contribution in [0.3, 0.4) is 0 Å². The topological polar surface area (TPSA) is 45.5 Å². The average Bonchev–Trinajstić information content (AvgIpc) is 2.77. The molecule has 1 aromatic rings. The zero-order chi connectivity index (χ0) is 12.1. The molecule has 0 spiro atoms. The summed E-state index contributed by atoms with van der Waals surface area (Å²) in [5.74, 6) is 0.0665. The van der Waals surface area contributed by atoms with Crippen LogP contribution in [0.15, 0.2) is 24.5 Å². The SMILES string of the molecule is CC(O)CCN(C)C(=O)C(C)n1cccc1. The number of carbonyl (C=O) groups is 1. The molecule has 0 saturated heterocycles. The number of nitrogens with zero attached hydrogens (tertiary/aromatic N) is 2. The lowest BCUT2D eigenvalue weighted by atomic mass is 10.2. The maximum Gasteiger partial charge on any atom is 0.245 e. The number of amides is 1. The predicted octanol–water partition coefficient (Wildman–Crippen LogP) is 1.28. The Morgan fingerprint density at radius 3 is 2.44 bits per heavy atom. The summed E-state index contributed by atoms with van der Waals surface area (Å²) >= 11 is 0. The van der Waals surface area contributed by atoms with Gasteiger partial charge >= 0.3 is 0 Å². The van der Waals surface area contributed by atoms with E-state index >= 15 is 0 Å². The fourth-order valence-electron chi connectivity index (χ4n) is 1.54. The van der Waals surface area contributed by atoms with E-state index in [1.165, 1.54) is 0 Å². The van der Waals surface area contributed by atoms with Crippen LogP contribution in [-0.2, 0) is 4.79 Å². The highest BCUT2D eigenvalue weighted by atomic mass is 16.3. The van der Waals surface area contributed by atoms with Crippen molar-refractivity contribution in [3.63, 3.8) is 0 Å². The van der Waals surface area contributed by atoms with E-state index in [1.54, 1.807) is 18.9 Å². The largest absolute Gasteiger partial charge is 0.393 e. The summed E-state index contributed by atoms with van der Waals surface area (Å²) in [5.41, 5.74) is 0. The van der Waals surface area contributed by atoms with Gasteiger partial charge in [0.1, 0.15) is 6.04 Å². The minimum atomic E-state index is -0.364. The molecule has 0 aliphatic rings. The van der Waals surface area contributed by atoms with Gasteiger partial charge < -0.3 is 14.6 Å². The normalized spacial score (nSPS) is 14.5. The lowest BCUT2D eigenvalue weighted by Gasteiger charge is -2.22. The van der Waals surface area contributed by atoms with Gasteiger partial charge in [0.2, 0.25) is 5.91 Å². The molecule has 4 nitrogen and oxygen atoms in total. The van der Waals surface area contributed by atoms with Crippen molar-refractivity contribution >= 4 is 5.91 Å². The average molecular weight is 224 g/mol. The molecule has 0 aliphatic heterocycles. The minimum absolute atomic E-state index is 0.0665. The van der Waals surface area contributed by atoms with Crippen LogP contribution in [0.5, 0.6) is 0 Å². The highest BCUT2D eigenvalue weighted by Crippen LogP contribution is 2.09. The molecule has 0 aliphatic carbocycles. The molecule has 0 bridgehead atoms. The highest BCUT2D eigenvalue weighted by molar-refractivity contribution is 5.79. The summed E-state index contributed by atoms with van der Waals surface area (Å²) in [7, 11) is 1.77. The van der Waals surface area contributed by atoms with E-state index in [2.05, 4.69) is 0 Å². The Balaban J connectivity index is 2.50. The van der Waals surface area contributed by atoms with Crippen LogP contribution in [0.2, 0.25) is 0 Å². The van der Waals surface area contributed by atoms with Crippen LogP contribution in [0, 0.1) is 0 Å². The van der Waals surface area contributed by atoms with Crippen molar-refractivity contribution in [3.05, 3.63) is 24.5 Å². The van der Waals surface area contributed by atoms with Crippen molar-refractivity contribution in [1.29, 1.82) is 0 Å². The van der Waals surface area contributed by atoms with Crippen molar-refractivity contribution in [2.75, 3.05) is 13.6 Å². The molecule has 1 aromatic heterocycles. The molecule has 1 heterocycles. The van der Waals surface area contributed by atoms with Gasteiger partial charge in [0.05, 0.1) is 6.10 Å². The molecular weight excluding hydrogens is 204 g/mol. The smallest absolute Gasteiger partial charge is 0.245 e. The van der Waals surface area contributed by atoms with Gasteiger partial charge in [-0.05, 0) is 32.4 Å². The van der Waals surface area contributed by atoms with Gasteiger partial charge in [-0.25, -0.2) is 0 Å². The first-order valence-corrected chi connectivity index (χ1v) is 5.58. The molecule has 16 heavy (non-hydrogen) atoms. The molecule has 0 saturated carbocycles. The Labute approximate surface area is 96.5 Å². The number of aromatic nitrogens is 1. The van der Waals surface area contributed by atoms with Gasteiger partial charge in [-0.3, -0.25) is 4.79 Å². The van der Waals surface area contributed by atoms with E-state index in [0.29, 0.717) is 13.0 Å². The van der Waals surface area contributed by atoms with Crippen molar-refractivity contribution in [3.8, 4) is 0 Å². The first kappa shape index (κ1) is 12.8. The van der Waals surface area contributed by atoms with Gasteiger partial charge in [0.15, 0.2) is 0 Å². The maximum absolute atomic E-state index is 12.0. The van der Waals surface area contributed by atoms with E-state index in [9.17, 15) is 4.79 Å². The summed E-state index contributed by atoms with van der Waals surface area (Å²) in [6, 6.07) is 3.62. The number of rotatable bonds is 5. The Kier molecular flexibility index (Phi) is 4.55. The Morgan fingerprint density at radius 2 is 1.94 bits per heavy atom. The van der Waals surface area contributed by atoms with Crippen molar-refractivity contribution in [2.45, 2.75) is 32.4 Å². The fraction of sp³-hybridized carbons (Fsp3) is 0.583. The fourth-order valence-corrected chi connectivity index (χ4v) is 1.54. The van der Waals surface area contributed by atoms with Crippen molar-refractivity contribution < 1.29 is 9.90 Å². The van der Waals surface area contributed by atoms with Crippen LogP contribution >= 0.6 is 0 Å². The first-order valence-electron chi connectivity index (χ1n) is 5.58. The maximum atomic E-state index is 12.0. The first-order chi connectivity index (χ1) is 7.52. The van der Waals surface area contributed by atoms with Crippen LogP contribution in [0.25, 0.3) is 0 Å². The van der Waals surface area contributed by atoms with Crippen LogP contribution in [0.1, 0.15) is 26.3 Å². The summed E-state index contributed by atoms with van der Waals surface area (Å²) < 4.78 is 1.88. The van der Waals surface area contributed by atoms with Gasteiger partial charge in [0, 0.05) is 26.0 Å². The monoisotopic (exact) mass is 224 g/mol. The molecule has 2 atom stereocenters. The number of aliphatic hydroxyl groups excluding tert-OH is 1. The second-order valence-electron chi connectivity index (χ2n) is 4.20. The van der Waals surface area contributed by atoms with E-state index in [4.69, 9.17) is 5.11 Å². The minimum Gasteiger partial charge on any atom is -0.393 e. The molecule has 4 heteroatoms. The van der Waals surface area contributed by atoms with Gasteiger partial charge in [-0.2, -0.15) is 0 Å². The Morgan fingerprint density at radius 1 is 1.38 bits per heavy atom. The second kappa shape index (κ2) is 5.70.